The smallest absolute Gasteiger partial charge is 0.0463 e. The third kappa shape index (κ3) is 5.61. The average molecular weight is 416 g/mol. The molecule has 31 heavy (non-hydrogen) atoms. The number of anilines is 5. The lowest BCUT2D eigenvalue weighted by Crippen LogP contribution is -2.16. The number of hydrogen-bond donors (Lipinski definition) is 2. The summed E-state index contributed by atoms with van der Waals surface area (Å²) < 4.78 is 0. The Balaban J connectivity index is 2.00. The van der Waals surface area contributed by atoms with Crippen LogP contribution in [0.15, 0.2) is 72.8 Å². The number of nitrogens with zero attached hydrogens (tertiary/aromatic N) is 1. The Hall–Kier alpha value is -2.94. The van der Waals surface area contributed by atoms with E-state index in [1.807, 2.05) is 0 Å². The van der Waals surface area contributed by atoms with Crippen molar-refractivity contribution < 1.29 is 0 Å². The predicted octanol–water partition coefficient (Wildman–Crippen LogP) is 8.10. The van der Waals surface area contributed by atoms with E-state index in [2.05, 4.69) is 130 Å². The summed E-state index contributed by atoms with van der Waals surface area (Å²) in [6.07, 6.45) is 1.12. The quantitative estimate of drug-likeness (QED) is 0.370. The topological polar surface area (TPSA) is 27.3 Å². The average Bonchev–Trinajstić information content (AvgIpc) is 2.76. The number of benzene rings is 3. The van der Waals surface area contributed by atoms with Crippen molar-refractivity contribution in [2.45, 2.75) is 59.4 Å². The number of hydrogen-bond acceptors (Lipinski definition) is 3. The summed E-state index contributed by atoms with van der Waals surface area (Å²) in [4.78, 5) is 2.32. The molecule has 0 aromatic heterocycles. The summed E-state index contributed by atoms with van der Waals surface area (Å²) in [6.45, 7) is 14.2. The highest BCUT2D eigenvalue weighted by atomic mass is 15.1. The van der Waals surface area contributed by atoms with Crippen molar-refractivity contribution in [2.24, 2.45) is 0 Å². The summed E-state index contributed by atoms with van der Waals surface area (Å²) in [5.74, 6) is 0. The molecule has 0 unspecified atom stereocenters. The van der Waals surface area contributed by atoms with Gasteiger partial charge in [-0.3, -0.25) is 0 Å². The standard InChI is InChI=1S/C28H37N3/c1-7-28(5,6)22-9-15-25(16-10-22)31(26-17-11-23(12-18-26)29-8-2)27-19-13-24(14-20-27)30-21(3)4/h9-21,29-30H,7-8H2,1-6H3. The number of rotatable bonds is 9. The summed E-state index contributed by atoms with van der Waals surface area (Å²) in [6, 6.07) is 26.8. The minimum absolute atomic E-state index is 0.182. The molecule has 0 radical (unpaired) electrons. The van der Waals surface area contributed by atoms with Gasteiger partial charge in [0.05, 0.1) is 0 Å². The second-order valence-corrected chi connectivity index (χ2v) is 9.04. The van der Waals surface area contributed by atoms with Gasteiger partial charge >= 0.3 is 0 Å². The highest BCUT2D eigenvalue weighted by molar-refractivity contribution is 5.78. The SMILES string of the molecule is CCNc1ccc(N(c2ccc(NC(C)C)cc2)c2ccc(C(C)(C)CC)cc2)cc1. The van der Waals surface area contributed by atoms with E-state index in [9.17, 15) is 0 Å². The lowest BCUT2D eigenvalue weighted by Gasteiger charge is -2.28. The van der Waals surface area contributed by atoms with Crippen molar-refractivity contribution >= 4 is 28.4 Å². The van der Waals surface area contributed by atoms with Crippen LogP contribution in [0.3, 0.4) is 0 Å². The second kappa shape index (κ2) is 9.91. The molecule has 3 aromatic carbocycles. The molecule has 0 atom stereocenters. The molecule has 2 N–H and O–H groups in total. The fraction of sp³-hybridized carbons (Fsp3) is 0.357. The van der Waals surface area contributed by atoms with Gasteiger partial charge in [0, 0.05) is 41.0 Å². The van der Waals surface area contributed by atoms with Crippen LogP contribution in [0.4, 0.5) is 28.4 Å². The third-order valence-electron chi connectivity index (χ3n) is 5.88. The number of nitrogens with one attached hydrogen (secondary N) is 2. The van der Waals surface area contributed by atoms with Gasteiger partial charge in [-0.05, 0) is 98.8 Å². The molecule has 0 amide bonds. The van der Waals surface area contributed by atoms with Crippen LogP contribution in [0.5, 0.6) is 0 Å². The van der Waals surface area contributed by atoms with Gasteiger partial charge in [-0.15, -0.1) is 0 Å². The summed E-state index contributed by atoms with van der Waals surface area (Å²) in [5, 5.41) is 6.86. The fourth-order valence-corrected chi connectivity index (χ4v) is 3.69. The maximum Gasteiger partial charge on any atom is 0.0463 e. The van der Waals surface area contributed by atoms with Crippen LogP contribution in [-0.2, 0) is 5.41 Å². The van der Waals surface area contributed by atoms with Crippen LogP contribution >= 0.6 is 0 Å². The first-order valence-electron chi connectivity index (χ1n) is 11.4. The highest BCUT2D eigenvalue weighted by Crippen LogP contribution is 2.37. The van der Waals surface area contributed by atoms with E-state index in [4.69, 9.17) is 0 Å². The summed E-state index contributed by atoms with van der Waals surface area (Å²) >= 11 is 0. The molecule has 0 aliphatic heterocycles. The van der Waals surface area contributed by atoms with Gasteiger partial charge in [0.25, 0.3) is 0 Å². The molecule has 3 nitrogen and oxygen atoms in total. The van der Waals surface area contributed by atoms with Gasteiger partial charge in [0.2, 0.25) is 0 Å². The third-order valence-corrected chi connectivity index (χ3v) is 5.88. The van der Waals surface area contributed by atoms with Crippen molar-refractivity contribution in [3.8, 4) is 0 Å². The van der Waals surface area contributed by atoms with Crippen molar-refractivity contribution in [1.82, 2.24) is 0 Å². The molecule has 3 heteroatoms. The Morgan fingerprint density at radius 2 is 1.16 bits per heavy atom. The van der Waals surface area contributed by atoms with Gasteiger partial charge in [0.15, 0.2) is 0 Å². The fourth-order valence-electron chi connectivity index (χ4n) is 3.69. The van der Waals surface area contributed by atoms with E-state index in [1.54, 1.807) is 0 Å². The van der Waals surface area contributed by atoms with Gasteiger partial charge in [-0.25, -0.2) is 0 Å². The van der Waals surface area contributed by atoms with Crippen LogP contribution in [-0.4, -0.2) is 12.6 Å². The van der Waals surface area contributed by atoms with Crippen molar-refractivity contribution in [3.63, 3.8) is 0 Å². The molecular weight excluding hydrogens is 378 g/mol. The first-order valence-corrected chi connectivity index (χ1v) is 11.4. The van der Waals surface area contributed by atoms with Crippen LogP contribution in [0.25, 0.3) is 0 Å². The Morgan fingerprint density at radius 1 is 0.710 bits per heavy atom. The maximum absolute atomic E-state index is 3.48. The molecule has 0 heterocycles. The van der Waals surface area contributed by atoms with Gasteiger partial charge in [-0.1, -0.05) is 32.9 Å². The van der Waals surface area contributed by atoms with E-state index in [0.29, 0.717) is 6.04 Å². The van der Waals surface area contributed by atoms with Gasteiger partial charge in [0.1, 0.15) is 0 Å². The first kappa shape index (κ1) is 22.7. The lowest BCUT2D eigenvalue weighted by atomic mass is 9.82. The Labute approximate surface area is 188 Å². The monoisotopic (exact) mass is 415 g/mol. The van der Waals surface area contributed by atoms with E-state index < -0.39 is 0 Å². The summed E-state index contributed by atoms with van der Waals surface area (Å²) in [5.41, 5.74) is 7.29. The van der Waals surface area contributed by atoms with Crippen molar-refractivity contribution in [3.05, 3.63) is 78.4 Å². The second-order valence-electron chi connectivity index (χ2n) is 9.04. The molecule has 164 valence electrons. The lowest BCUT2D eigenvalue weighted by molar-refractivity contribution is 0.506. The van der Waals surface area contributed by atoms with E-state index in [1.165, 1.54) is 5.56 Å². The molecule has 0 saturated heterocycles. The molecule has 0 fully saturated rings. The Bertz CT molecular complexity index is 939. The summed E-state index contributed by atoms with van der Waals surface area (Å²) in [7, 11) is 0. The first-order chi connectivity index (χ1) is 14.8. The maximum atomic E-state index is 3.48. The van der Waals surface area contributed by atoms with Crippen molar-refractivity contribution in [2.75, 3.05) is 22.1 Å². The molecule has 3 aromatic rings. The molecule has 0 aliphatic carbocycles. The van der Waals surface area contributed by atoms with Crippen LogP contribution in [0.2, 0.25) is 0 Å². The van der Waals surface area contributed by atoms with Crippen molar-refractivity contribution in [1.29, 1.82) is 0 Å². The van der Waals surface area contributed by atoms with Crippen LogP contribution in [0.1, 0.15) is 53.5 Å². The minimum Gasteiger partial charge on any atom is -0.385 e. The van der Waals surface area contributed by atoms with Gasteiger partial charge < -0.3 is 15.5 Å². The molecule has 0 aliphatic rings. The zero-order valence-corrected chi connectivity index (χ0v) is 19.9. The minimum atomic E-state index is 0.182. The van der Waals surface area contributed by atoms with E-state index >= 15 is 0 Å². The molecule has 3 rings (SSSR count). The largest absolute Gasteiger partial charge is 0.385 e. The Morgan fingerprint density at radius 3 is 1.58 bits per heavy atom. The van der Waals surface area contributed by atoms with E-state index in [0.717, 1.165) is 41.4 Å². The Kier molecular flexibility index (Phi) is 7.27. The van der Waals surface area contributed by atoms with Gasteiger partial charge in [-0.2, -0.15) is 0 Å². The van der Waals surface area contributed by atoms with E-state index in [-0.39, 0.29) is 5.41 Å². The predicted molar refractivity (Wildman–Crippen MR) is 137 cm³/mol. The molecular formula is C28H37N3. The highest BCUT2D eigenvalue weighted by Gasteiger charge is 2.19. The molecule has 0 bridgehead atoms. The van der Waals surface area contributed by atoms with Crippen LogP contribution < -0.4 is 15.5 Å². The molecule has 0 saturated carbocycles. The molecule has 0 spiro atoms. The van der Waals surface area contributed by atoms with Crippen LogP contribution in [0, 0.1) is 0 Å². The zero-order chi connectivity index (χ0) is 22.4. The zero-order valence-electron chi connectivity index (χ0n) is 19.9. The normalized spacial score (nSPS) is 11.5.